The van der Waals surface area contributed by atoms with Gasteiger partial charge in [-0.15, -0.1) is 0 Å². The maximum absolute atomic E-state index is 13.2. The third-order valence-electron chi connectivity index (χ3n) is 2.69. The SMILES string of the molecule is Cc1cc(Oc2cc(F)ccc2C)c(Br)cc1N. The fourth-order valence-electron chi connectivity index (χ4n) is 1.55. The molecule has 0 spiro atoms. The predicted octanol–water partition coefficient (Wildman–Crippen LogP) is 4.58. The molecule has 18 heavy (non-hydrogen) atoms. The molecule has 0 atom stereocenters. The van der Waals surface area contributed by atoms with Crippen LogP contribution in [-0.2, 0) is 0 Å². The number of nitrogens with two attached hydrogens (primary N) is 1. The minimum Gasteiger partial charge on any atom is -0.456 e. The van der Waals surface area contributed by atoms with Gasteiger partial charge < -0.3 is 10.5 Å². The van der Waals surface area contributed by atoms with Crippen LogP contribution >= 0.6 is 15.9 Å². The molecule has 4 heteroatoms. The molecule has 2 N–H and O–H groups in total. The van der Waals surface area contributed by atoms with Crippen molar-refractivity contribution in [1.82, 2.24) is 0 Å². The first-order valence-corrected chi connectivity index (χ1v) is 6.26. The zero-order valence-electron chi connectivity index (χ0n) is 10.1. The molecule has 0 aliphatic carbocycles. The van der Waals surface area contributed by atoms with Gasteiger partial charge in [0.2, 0.25) is 0 Å². The van der Waals surface area contributed by atoms with E-state index in [-0.39, 0.29) is 5.82 Å². The first kappa shape index (κ1) is 12.9. The van der Waals surface area contributed by atoms with Crippen LogP contribution in [0.25, 0.3) is 0 Å². The van der Waals surface area contributed by atoms with Crippen LogP contribution in [-0.4, -0.2) is 0 Å². The summed E-state index contributed by atoms with van der Waals surface area (Å²) in [6.45, 7) is 3.76. The van der Waals surface area contributed by atoms with Gasteiger partial charge in [-0.1, -0.05) is 6.07 Å². The fraction of sp³-hybridized carbons (Fsp3) is 0.143. The van der Waals surface area contributed by atoms with Crippen molar-refractivity contribution in [3.63, 3.8) is 0 Å². The Hall–Kier alpha value is -1.55. The molecule has 0 saturated heterocycles. The van der Waals surface area contributed by atoms with Crippen molar-refractivity contribution in [1.29, 1.82) is 0 Å². The van der Waals surface area contributed by atoms with Gasteiger partial charge in [0.15, 0.2) is 0 Å². The Morgan fingerprint density at radius 3 is 2.50 bits per heavy atom. The number of hydrogen-bond donors (Lipinski definition) is 1. The monoisotopic (exact) mass is 309 g/mol. The maximum Gasteiger partial charge on any atom is 0.142 e. The first-order chi connectivity index (χ1) is 8.47. The molecular weight excluding hydrogens is 297 g/mol. The average Bonchev–Trinajstić information content (AvgIpc) is 2.30. The lowest BCUT2D eigenvalue weighted by Crippen LogP contribution is -1.94. The van der Waals surface area contributed by atoms with E-state index < -0.39 is 0 Å². The van der Waals surface area contributed by atoms with Crippen molar-refractivity contribution >= 4 is 21.6 Å². The van der Waals surface area contributed by atoms with Gasteiger partial charge in [-0.3, -0.25) is 0 Å². The zero-order valence-corrected chi connectivity index (χ0v) is 11.7. The number of ether oxygens (including phenoxy) is 1. The summed E-state index contributed by atoms with van der Waals surface area (Å²) in [6.07, 6.45) is 0. The van der Waals surface area contributed by atoms with Crippen LogP contribution in [0.4, 0.5) is 10.1 Å². The lowest BCUT2D eigenvalue weighted by atomic mass is 10.2. The van der Waals surface area contributed by atoms with E-state index >= 15 is 0 Å². The van der Waals surface area contributed by atoms with Crippen LogP contribution in [0.2, 0.25) is 0 Å². The number of halogens is 2. The molecule has 0 amide bonds. The summed E-state index contributed by atoms with van der Waals surface area (Å²) in [4.78, 5) is 0. The van der Waals surface area contributed by atoms with Gasteiger partial charge in [-0.05, 0) is 59.1 Å². The minimum absolute atomic E-state index is 0.320. The molecule has 2 aromatic carbocycles. The Morgan fingerprint density at radius 2 is 1.78 bits per heavy atom. The number of nitrogen functional groups attached to an aromatic ring is 1. The van der Waals surface area contributed by atoms with Crippen molar-refractivity contribution in [2.45, 2.75) is 13.8 Å². The van der Waals surface area contributed by atoms with Crippen LogP contribution in [0.15, 0.2) is 34.8 Å². The minimum atomic E-state index is -0.320. The van der Waals surface area contributed by atoms with E-state index in [2.05, 4.69) is 15.9 Å². The average molecular weight is 310 g/mol. The number of hydrogen-bond acceptors (Lipinski definition) is 2. The molecule has 0 aliphatic heterocycles. The van der Waals surface area contributed by atoms with Gasteiger partial charge in [0, 0.05) is 11.8 Å². The molecule has 0 aliphatic rings. The van der Waals surface area contributed by atoms with Gasteiger partial charge >= 0.3 is 0 Å². The molecule has 0 bridgehead atoms. The molecule has 0 aromatic heterocycles. The summed E-state index contributed by atoms with van der Waals surface area (Å²) in [5.74, 6) is 0.800. The molecule has 2 rings (SSSR count). The summed E-state index contributed by atoms with van der Waals surface area (Å²) in [5, 5.41) is 0. The number of benzene rings is 2. The summed E-state index contributed by atoms with van der Waals surface area (Å²) in [5.41, 5.74) is 8.27. The zero-order chi connectivity index (χ0) is 13.3. The number of aryl methyl sites for hydroxylation is 2. The molecule has 2 aromatic rings. The van der Waals surface area contributed by atoms with Gasteiger partial charge in [-0.25, -0.2) is 4.39 Å². The first-order valence-electron chi connectivity index (χ1n) is 5.47. The highest BCUT2D eigenvalue weighted by molar-refractivity contribution is 9.10. The summed E-state index contributed by atoms with van der Waals surface area (Å²) < 4.78 is 19.6. The lowest BCUT2D eigenvalue weighted by molar-refractivity contribution is 0.470. The molecule has 0 heterocycles. The summed E-state index contributed by atoms with van der Waals surface area (Å²) >= 11 is 3.38. The van der Waals surface area contributed by atoms with Gasteiger partial charge in [0.25, 0.3) is 0 Å². The Labute approximate surface area is 114 Å². The van der Waals surface area contributed by atoms with Crippen molar-refractivity contribution in [2.24, 2.45) is 0 Å². The van der Waals surface area contributed by atoms with E-state index in [1.165, 1.54) is 12.1 Å². The standard InChI is InChI=1S/C14H13BrFNO/c1-8-3-4-10(16)6-13(8)18-14-5-9(2)12(17)7-11(14)15/h3-7H,17H2,1-2H3. The van der Waals surface area contributed by atoms with Gasteiger partial charge in [0.05, 0.1) is 4.47 Å². The Balaban J connectivity index is 2.40. The molecule has 0 saturated carbocycles. The highest BCUT2D eigenvalue weighted by Gasteiger charge is 2.08. The molecule has 2 nitrogen and oxygen atoms in total. The predicted molar refractivity (Wildman–Crippen MR) is 74.5 cm³/mol. The molecule has 0 unspecified atom stereocenters. The van der Waals surface area contributed by atoms with Crippen LogP contribution in [0, 0.1) is 19.7 Å². The Kier molecular flexibility index (Phi) is 3.57. The molecular formula is C14H13BrFNO. The maximum atomic E-state index is 13.2. The van der Waals surface area contributed by atoms with Crippen LogP contribution in [0.1, 0.15) is 11.1 Å². The summed E-state index contributed by atoms with van der Waals surface area (Å²) in [6, 6.07) is 8.06. The molecule has 94 valence electrons. The van der Waals surface area contributed by atoms with Crippen LogP contribution < -0.4 is 10.5 Å². The Bertz CT molecular complexity index is 599. The summed E-state index contributed by atoms with van der Waals surface area (Å²) in [7, 11) is 0. The largest absolute Gasteiger partial charge is 0.456 e. The highest BCUT2D eigenvalue weighted by Crippen LogP contribution is 2.34. The van der Waals surface area contributed by atoms with Crippen molar-refractivity contribution in [3.05, 3.63) is 51.7 Å². The number of anilines is 1. The second-order valence-electron chi connectivity index (χ2n) is 4.15. The Morgan fingerprint density at radius 1 is 1.06 bits per heavy atom. The lowest BCUT2D eigenvalue weighted by Gasteiger charge is -2.12. The fourth-order valence-corrected chi connectivity index (χ4v) is 1.99. The van der Waals surface area contributed by atoms with E-state index in [4.69, 9.17) is 10.5 Å². The highest BCUT2D eigenvalue weighted by atomic mass is 79.9. The van der Waals surface area contributed by atoms with E-state index in [0.717, 1.165) is 15.6 Å². The van der Waals surface area contributed by atoms with E-state index in [1.54, 1.807) is 12.1 Å². The molecule has 0 fully saturated rings. The van der Waals surface area contributed by atoms with E-state index in [1.807, 2.05) is 19.9 Å². The van der Waals surface area contributed by atoms with E-state index in [0.29, 0.717) is 17.2 Å². The normalized spacial score (nSPS) is 10.4. The van der Waals surface area contributed by atoms with Gasteiger partial charge in [0.1, 0.15) is 17.3 Å². The molecule has 0 radical (unpaired) electrons. The number of rotatable bonds is 2. The van der Waals surface area contributed by atoms with Crippen molar-refractivity contribution in [3.8, 4) is 11.5 Å². The third kappa shape index (κ3) is 2.64. The second-order valence-corrected chi connectivity index (χ2v) is 5.01. The quantitative estimate of drug-likeness (QED) is 0.824. The third-order valence-corrected chi connectivity index (χ3v) is 3.31. The topological polar surface area (TPSA) is 35.2 Å². The second kappa shape index (κ2) is 4.98. The van der Waals surface area contributed by atoms with Crippen LogP contribution in [0.5, 0.6) is 11.5 Å². The van der Waals surface area contributed by atoms with Crippen molar-refractivity contribution < 1.29 is 9.13 Å². The van der Waals surface area contributed by atoms with Gasteiger partial charge in [-0.2, -0.15) is 0 Å². The smallest absolute Gasteiger partial charge is 0.142 e. The van der Waals surface area contributed by atoms with E-state index in [9.17, 15) is 4.39 Å². The van der Waals surface area contributed by atoms with Crippen LogP contribution in [0.3, 0.4) is 0 Å². The van der Waals surface area contributed by atoms with Crippen molar-refractivity contribution in [2.75, 3.05) is 5.73 Å².